The number of carbonyl (C=O) groups is 1. The third kappa shape index (κ3) is 3.38. The highest BCUT2D eigenvalue weighted by Gasteiger charge is 2.18. The SMILES string of the molecule is N#CCCN(Cc1ccccn1)C(=O)c1cc2ccccc2[nH]1. The molecule has 0 saturated carbocycles. The number of fused-ring (bicyclic) bond motifs is 1. The largest absolute Gasteiger partial charge is 0.351 e. The van der Waals surface area contributed by atoms with Crippen LogP contribution in [-0.4, -0.2) is 27.3 Å². The highest BCUT2D eigenvalue weighted by atomic mass is 16.2. The van der Waals surface area contributed by atoms with Crippen molar-refractivity contribution in [1.82, 2.24) is 14.9 Å². The maximum Gasteiger partial charge on any atom is 0.270 e. The van der Waals surface area contributed by atoms with E-state index in [0.29, 0.717) is 25.2 Å². The van der Waals surface area contributed by atoms with Crippen LogP contribution in [0.2, 0.25) is 0 Å². The van der Waals surface area contributed by atoms with Gasteiger partial charge in [0.25, 0.3) is 5.91 Å². The van der Waals surface area contributed by atoms with Gasteiger partial charge in [-0.15, -0.1) is 0 Å². The van der Waals surface area contributed by atoms with E-state index in [-0.39, 0.29) is 5.91 Å². The van der Waals surface area contributed by atoms with E-state index in [9.17, 15) is 4.79 Å². The predicted octanol–water partition coefficient (Wildman–Crippen LogP) is 3.12. The molecule has 0 aliphatic heterocycles. The van der Waals surface area contributed by atoms with Crippen LogP contribution in [-0.2, 0) is 6.54 Å². The zero-order valence-electron chi connectivity index (χ0n) is 12.6. The lowest BCUT2D eigenvalue weighted by molar-refractivity contribution is 0.0740. The molecule has 0 spiro atoms. The molecular formula is C18H16N4O. The van der Waals surface area contributed by atoms with Gasteiger partial charge >= 0.3 is 0 Å². The molecule has 1 N–H and O–H groups in total. The van der Waals surface area contributed by atoms with Gasteiger partial charge < -0.3 is 9.88 Å². The molecule has 5 heteroatoms. The van der Waals surface area contributed by atoms with Crippen LogP contribution in [0.4, 0.5) is 0 Å². The average Bonchev–Trinajstić information content (AvgIpc) is 3.03. The minimum Gasteiger partial charge on any atom is -0.351 e. The standard InChI is InChI=1S/C18H16N4O/c19-9-5-11-22(13-15-7-3-4-10-20-15)18(23)17-12-14-6-1-2-8-16(14)21-17/h1-4,6-8,10,12,21H,5,11,13H2. The number of hydrogen-bond acceptors (Lipinski definition) is 3. The van der Waals surface area contributed by atoms with E-state index in [4.69, 9.17) is 5.26 Å². The van der Waals surface area contributed by atoms with E-state index in [0.717, 1.165) is 16.6 Å². The maximum atomic E-state index is 12.8. The van der Waals surface area contributed by atoms with Crippen molar-refractivity contribution in [2.75, 3.05) is 6.54 Å². The lowest BCUT2D eigenvalue weighted by atomic mass is 10.2. The number of hydrogen-bond donors (Lipinski definition) is 1. The van der Waals surface area contributed by atoms with Gasteiger partial charge in [0, 0.05) is 23.6 Å². The molecule has 0 atom stereocenters. The molecule has 1 amide bonds. The van der Waals surface area contributed by atoms with Crippen LogP contribution in [0.3, 0.4) is 0 Å². The molecule has 2 heterocycles. The summed E-state index contributed by atoms with van der Waals surface area (Å²) < 4.78 is 0. The van der Waals surface area contributed by atoms with E-state index in [1.165, 1.54) is 0 Å². The molecule has 2 aromatic heterocycles. The molecule has 0 bridgehead atoms. The van der Waals surface area contributed by atoms with E-state index in [1.807, 2.05) is 48.5 Å². The Balaban J connectivity index is 1.85. The fourth-order valence-electron chi connectivity index (χ4n) is 2.48. The van der Waals surface area contributed by atoms with Crippen molar-refractivity contribution in [2.24, 2.45) is 0 Å². The lowest BCUT2D eigenvalue weighted by Gasteiger charge is -2.20. The number of rotatable bonds is 5. The highest BCUT2D eigenvalue weighted by molar-refractivity contribution is 5.98. The molecular weight excluding hydrogens is 288 g/mol. The first kappa shape index (κ1) is 14.8. The normalized spacial score (nSPS) is 10.4. The Bertz CT molecular complexity index is 815. The molecule has 114 valence electrons. The second-order valence-corrected chi connectivity index (χ2v) is 5.23. The summed E-state index contributed by atoms with van der Waals surface area (Å²) in [5.41, 5.74) is 2.25. The second kappa shape index (κ2) is 6.75. The van der Waals surface area contributed by atoms with Crippen LogP contribution < -0.4 is 0 Å². The smallest absolute Gasteiger partial charge is 0.270 e. The second-order valence-electron chi connectivity index (χ2n) is 5.23. The molecule has 0 fully saturated rings. The van der Waals surface area contributed by atoms with Gasteiger partial charge in [0.1, 0.15) is 5.69 Å². The molecule has 23 heavy (non-hydrogen) atoms. The van der Waals surface area contributed by atoms with Crippen LogP contribution in [0.25, 0.3) is 10.9 Å². The summed E-state index contributed by atoms with van der Waals surface area (Å²) in [6, 6.07) is 17.3. The fourth-order valence-corrected chi connectivity index (χ4v) is 2.48. The quantitative estimate of drug-likeness (QED) is 0.787. The third-order valence-corrected chi connectivity index (χ3v) is 3.62. The number of aromatic amines is 1. The van der Waals surface area contributed by atoms with Gasteiger partial charge in [-0.2, -0.15) is 5.26 Å². The monoisotopic (exact) mass is 304 g/mol. The van der Waals surface area contributed by atoms with Crippen molar-refractivity contribution in [3.63, 3.8) is 0 Å². The number of pyridine rings is 1. The number of nitrogens with zero attached hydrogens (tertiary/aromatic N) is 3. The summed E-state index contributed by atoms with van der Waals surface area (Å²) in [6.45, 7) is 0.762. The Morgan fingerprint density at radius 1 is 1.22 bits per heavy atom. The number of para-hydroxylation sites is 1. The first-order chi connectivity index (χ1) is 11.3. The number of nitriles is 1. The molecule has 0 saturated heterocycles. The Morgan fingerprint density at radius 3 is 2.78 bits per heavy atom. The summed E-state index contributed by atoms with van der Waals surface area (Å²) in [5, 5.41) is 9.83. The van der Waals surface area contributed by atoms with Crippen LogP contribution in [0.15, 0.2) is 54.7 Å². The summed E-state index contributed by atoms with van der Waals surface area (Å²) >= 11 is 0. The molecule has 0 aliphatic carbocycles. The zero-order chi connectivity index (χ0) is 16.1. The first-order valence-electron chi connectivity index (χ1n) is 7.42. The Hall–Kier alpha value is -3.13. The van der Waals surface area contributed by atoms with Gasteiger partial charge in [-0.05, 0) is 24.3 Å². The van der Waals surface area contributed by atoms with E-state index in [1.54, 1.807) is 11.1 Å². The van der Waals surface area contributed by atoms with Gasteiger partial charge in [-0.25, -0.2) is 0 Å². The lowest BCUT2D eigenvalue weighted by Crippen LogP contribution is -2.32. The maximum absolute atomic E-state index is 12.8. The van der Waals surface area contributed by atoms with E-state index >= 15 is 0 Å². The summed E-state index contributed by atoms with van der Waals surface area (Å²) in [6.07, 6.45) is 1.99. The Labute approximate surface area is 134 Å². The number of H-pyrrole nitrogens is 1. The Kier molecular flexibility index (Phi) is 4.34. The van der Waals surface area contributed by atoms with Crippen molar-refractivity contribution in [3.8, 4) is 6.07 Å². The molecule has 5 nitrogen and oxygen atoms in total. The van der Waals surface area contributed by atoms with Gasteiger partial charge in [0.2, 0.25) is 0 Å². The summed E-state index contributed by atoms with van der Waals surface area (Å²) in [7, 11) is 0. The Morgan fingerprint density at radius 2 is 2.04 bits per heavy atom. The van der Waals surface area contributed by atoms with Crippen molar-refractivity contribution in [2.45, 2.75) is 13.0 Å². The number of carbonyl (C=O) groups excluding carboxylic acids is 1. The highest BCUT2D eigenvalue weighted by Crippen LogP contribution is 2.17. The van der Waals surface area contributed by atoms with Crippen molar-refractivity contribution < 1.29 is 4.79 Å². The number of amides is 1. The van der Waals surface area contributed by atoms with Gasteiger partial charge in [-0.3, -0.25) is 9.78 Å². The first-order valence-corrected chi connectivity index (χ1v) is 7.42. The molecule has 0 unspecified atom stereocenters. The van der Waals surface area contributed by atoms with Gasteiger partial charge in [0.05, 0.1) is 24.7 Å². The molecule has 1 aromatic carbocycles. The molecule has 3 aromatic rings. The minimum absolute atomic E-state index is 0.123. The minimum atomic E-state index is -0.123. The van der Waals surface area contributed by atoms with Crippen molar-refractivity contribution in [3.05, 3.63) is 66.1 Å². The number of nitrogens with one attached hydrogen (secondary N) is 1. The molecule has 0 aliphatic rings. The zero-order valence-corrected chi connectivity index (χ0v) is 12.6. The molecule has 3 rings (SSSR count). The van der Waals surface area contributed by atoms with Crippen LogP contribution >= 0.6 is 0 Å². The van der Waals surface area contributed by atoms with Crippen molar-refractivity contribution in [1.29, 1.82) is 5.26 Å². The van der Waals surface area contributed by atoms with Gasteiger partial charge in [-0.1, -0.05) is 24.3 Å². The number of aromatic nitrogens is 2. The third-order valence-electron chi connectivity index (χ3n) is 3.62. The average molecular weight is 304 g/mol. The van der Waals surface area contributed by atoms with E-state index in [2.05, 4.69) is 16.0 Å². The van der Waals surface area contributed by atoms with Crippen molar-refractivity contribution >= 4 is 16.8 Å². The van der Waals surface area contributed by atoms with Crippen LogP contribution in [0.1, 0.15) is 22.6 Å². The van der Waals surface area contributed by atoms with Crippen LogP contribution in [0, 0.1) is 11.3 Å². The number of benzene rings is 1. The summed E-state index contributed by atoms with van der Waals surface area (Å²) in [5.74, 6) is -0.123. The fraction of sp³-hybridized carbons (Fsp3) is 0.167. The topological polar surface area (TPSA) is 72.8 Å². The summed E-state index contributed by atoms with van der Waals surface area (Å²) in [4.78, 5) is 21.8. The molecule has 0 radical (unpaired) electrons. The van der Waals surface area contributed by atoms with Crippen LogP contribution in [0.5, 0.6) is 0 Å². The van der Waals surface area contributed by atoms with E-state index < -0.39 is 0 Å². The van der Waals surface area contributed by atoms with Gasteiger partial charge in [0.15, 0.2) is 0 Å². The predicted molar refractivity (Wildman–Crippen MR) is 87.5 cm³/mol.